The van der Waals surface area contributed by atoms with E-state index < -0.39 is 11.9 Å². The second-order valence-corrected chi connectivity index (χ2v) is 6.90. The Kier molecular flexibility index (Phi) is 2.83. The molecule has 1 saturated carbocycles. The van der Waals surface area contributed by atoms with Gasteiger partial charge in [0.15, 0.2) is 5.65 Å². The number of imide groups is 1. The fourth-order valence-corrected chi connectivity index (χ4v) is 3.67. The number of rotatable bonds is 3. The molecule has 2 N–H and O–H groups in total. The predicted molar refractivity (Wildman–Crippen MR) is 85.7 cm³/mol. The Morgan fingerprint density at radius 2 is 2.00 bits per heavy atom. The maximum Gasteiger partial charge on any atom is 0.321 e. The van der Waals surface area contributed by atoms with Gasteiger partial charge < -0.3 is 10.2 Å². The molecule has 8 heteroatoms. The third-order valence-electron chi connectivity index (χ3n) is 5.27. The smallest absolute Gasteiger partial charge is 0.321 e. The number of aromatic nitrogens is 3. The molecule has 5 rings (SSSR count). The van der Waals surface area contributed by atoms with Crippen LogP contribution in [0.5, 0.6) is 0 Å². The number of urea groups is 1. The second-order valence-electron chi connectivity index (χ2n) is 6.90. The molecule has 3 amide bonds. The average molecular weight is 326 g/mol. The van der Waals surface area contributed by atoms with Gasteiger partial charge in [-0.3, -0.25) is 10.1 Å². The highest BCUT2D eigenvalue weighted by atomic mass is 16.2. The van der Waals surface area contributed by atoms with E-state index in [1.807, 2.05) is 6.07 Å². The standard InChI is InChI=1S/C16H18N6O2/c23-15-11(6-18-16(24)19-15)12-5-13(14-17-3-4-22(14)20-12)21-7-10(8-21)9-1-2-9/h3-5,9-11H,1-2,6-8H2,(H2,18,19,23,24). The van der Waals surface area contributed by atoms with Crippen molar-refractivity contribution in [1.29, 1.82) is 0 Å². The van der Waals surface area contributed by atoms with Crippen molar-refractivity contribution < 1.29 is 9.59 Å². The van der Waals surface area contributed by atoms with E-state index in [4.69, 9.17) is 0 Å². The van der Waals surface area contributed by atoms with E-state index in [0.717, 1.165) is 36.3 Å². The number of carbonyl (C=O) groups excluding carboxylic acids is 2. The molecule has 2 aliphatic heterocycles. The molecule has 4 heterocycles. The lowest BCUT2D eigenvalue weighted by Gasteiger charge is -2.41. The fraction of sp³-hybridized carbons (Fsp3) is 0.500. The number of carbonyl (C=O) groups is 2. The summed E-state index contributed by atoms with van der Waals surface area (Å²) in [6.07, 6.45) is 6.23. The summed E-state index contributed by atoms with van der Waals surface area (Å²) < 4.78 is 1.72. The zero-order valence-electron chi connectivity index (χ0n) is 13.1. The van der Waals surface area contributed by atoms with Crippen molar-refractivity contribution in [2.24, 2.45) is 11.8 Å². The SMILES string of the molecule is O=C1NCC(c2cc(N3CC(C4CC4)C3)c3nccn3n2)C(=O)N1. The van der Waals surface area contributed by atoms with E-state index >= 15 is 0 Å². The fourth-order valence-electron chi connectivity index (χ4n) is 3.67. The zero-order valence-corrected chi connectivity index (χ0v) is 13.1. The van der Waals surface area contributed by atoms with Crippen LogP contribution in [0.3, 0.4) is 0 Å². The molecular formula is C16H18N6O2. The Bertz CT molecular complexity index is 836. The summed E-state index contributed by atoms with van der Waals surface area (Å²) in [6, 6.07) is 1.50. The minimum atomic E-state index is -0.478. The number of imidazole rings is 1. The summed E-state index contributed by atoms with van der Waals surface area (Å²) in [5, 5.41) is 9.49. The Balaban J connectivity index is 1.49. The molecule has 124 valence electrons. The molecular weight excluding hydrogens is 308 g/mol. The highest BCUT2D eigenvalue weighted by Crippen LogP contribution is 2.43. The Morgan fingerprint density at radius 1 is 1.17 bits per heavy atom. The third kappa shape index (κ3) is 2.13. The number of hydrogen-bond donors (Lipinski definition) is 2. The van der Waals surface area contributed by atoms with Crippen LogP contribution in [-0.2, 0) is 4.79 Å². The van der Waals surface area contributed by atoms with Gasteiger partial charge in [0.1, 0.15) is 0 Å². The molecule has 0 aromatic carbocycles. The summed E-state index contributed by atoms with van der Waals surface area (Å²) in [7, 11) is 0. The third-order valence-corrected chi connectivity index (χ3v) is 5.27. The lowest BCUT2D eigenvalue weighted by Crippen LogP contribution is -2.51. The maximum atomic E-state index is 12.1. The molecule has 2 saturated heterocycles. The molecule has 24 heavy (non-hydrogen) atoms. The monoisotopic (exact) mass is 326 g/mol. The average Bonchev–Trinajstić information content (AvgIpc) is 3.22. The van der Waals surface area contributed by atoms with Gasteiger partial charge in [-0.2, -0.15) is 5.10 Å². The van der Waals surface area contributed by atoms with E-state index in [-0.39, 0.29) is 12.5 Å². The van der Waals surface area contributed by atoms with Gasteiger partial charge in [-0.1, -0.05) is 0 Å². The molecule has 3 fully saturated rings. The van der Waals surface area contributed by atoms with E-state index in [1.165, 1.54) is 12.8 Å². The van der Waals surface area contributed by atoms with E-state index in [2.05, 4.69) is 25.6 Å². The summed E-state index contributed by atoms with van der Waals surface area (Å²) in [5.74, 6) is 0.899. The maximum absolute atomic E-state index is 12.1. The van der Waals surface area contributed by atoms with Gasteiger partial charge >= 0.3 is 6.03 Å². The van der Waals surface area contributed by atoms with Crippen LogP contribution in [0.15, 0.2) is 18.5 Å². The molecule has 1 atom stereocenters. The minimum absolute atomic E-state index is 0.266. The summed E-state index contributed by atoms with van der Waals surface area (Å²) >= 11 is 0. The van der Waals surface area contributed by atoms with E-state index in [9.17, 15) is 9.59 Å². The van der Waals surface area contributed by atoms with Gasteiger partial charge in [0.2, 0.25) is 5.91 Å². The first-order valence-electron chi connectivity index (χ1n) is 8.37. The lowest BCUT2D eigenvalue weighted by atomic mass is 9.93. The van der Waals surface area contributed by atoms with E-state index in [0.29, 0.717) is 5.69 Å². The first-order valence-corrected chi connectivity index (χ1v) is 8.37. The van der Waals surface area contributed by atoms with Crippen LogP contribution >= 0.6 is 0 Å². The van der Waals surface area contributed by atoms with Crippen LogP contribution in [0, 0.1) is 11.8 Å². The summed E-state index contributed by atoms with van der Waals surface area (Å²) in [6.45, 7) is 2.36. The Morgan fingerprint density at radius 3 is 2.75 bits per heavy atom. The normalized spacial score (nSPS) is 24.7. The van der Waals surface area contributed by atoms with Crippen LogP contribution < -0.4 is 15.5 Å². The Labute approximate surface area is 138 Å². The van der Waals surface area contributed by atoms with Crippen LogP contribution in [0.4, 0.5) is 10.5 Å². The highest BCUT2D eigenvalue weighted by molar-refractivity contribution is 6.00. The first kappa shape index (κ1) is 13.8. The topological polar surface area (TPSA) is 91.6 Å². The van der Waals surface area contributed by atoms with Crippen LogP contribution in [0.25, 0.3) is 5.65 Å². The van der Waals surface area contributed by atoms with Crippen molar-refractivity contribution in [2.45, 2.75) is 18.8 Å². The minimum Gasteiger partial charge on any atom is -0.368 e. The predicted octanol–water partition coefficient (Wildman–Crippen LogP) is 0.498. The van der Waals surface area contributed by atoms with Crippen molar-refractivity contribution >= 4 is 23.3 Å². The van der Waals surface area contributed by atoms with Gasteiger partial charge in [-0.05, 0) is 30.7 Å². The van der Waals surface area contributed by atoms with Crippen molar-refractivity contribution in [1.82, 2.24) is 25.2 Å². The molecule has 0 spiro atoms. The molecule has 1 unspecified atom stereocenters. The number of nitrogens with zero attached hydrogens (tertiary/aromatic N) is 4. The van der Waals surface area contributed by atoms with Gasteiger partial charge in [-0.25, -0.2) is 14.3 Å². The van der Waals surface area contributed by atoms with Crippen LogP contribution in [0.2, 0.25) is 0 Å². The summed E-state index contributed by atoms with van der Waals surface area (Å²) in [4.78, 5) is 30.1. The molecule has 0 bridgehead atoms. The highest BCUT2D eigenvalue weighted by Gasteiger charge is 2.40. The van der Waals surface area contributed by atoms with Crippen molar-refractivity contribution in [3.8, 4) is 0 Å². The molecule has 1 aliphatic carbocycles. The van der Waals surface area contributed by atoms with Crippen molar-refractivity contribution in [2.75, 3.05) is 24.5 Å². The largest absolute Gasteiger partial charge is 0.368 e. The van der Waals surface area contributed by atoms with Gasteiger partial charge in [0.05, 0.1) is 17.3 Å². The van der Waals surface area contributed by atoms with Crippen LogP contribution in [0.1, 0.15) is 24.5 Å². The van der Waals surface area contributed by atoms with Gasteiger partial charge in [0.25, 0.3) is 0 Å². The van der Waals surface area contributed by atoms with Gasteiger partial charge in [0, 0.05) is 32.0 Å². The lowest BCUT2D eigenvalue weighted by molar-refractivity contribution is -0.122. The number of hydrogen-bond acceptors (Lipinski definition) is 5. The molecule has 3 aliphatic rings. The summed E-state index contributed by atoms with van der Waals surface area (Å²) in [5.41, 5.74) is 2.49. The number of anilines is 1. The van der Waals surface area contributed by atoms with Crippen molar-refractivity contribution in [3.63, 3.8) is 0 Å². The van der Waals surface area contributed by atoms with E-state index in [1.54, 1.807) is 16.9 Å². The second kappa shape index (κ2) is 4.93. The Hall–Kier alpha value is -2.64. The molecule has 2 aromatic rings. The zero-order chi connectivity index (χ0) is 16.3. The number of fused-ring (bicyclic) bond motifs is 1. The molecule has 0 radical (unpaired) electrons. The first-order chi connectivity index (χ1) is 11.7. The molecule has 8 nitrogen and oxygen atoms in total. The molecule has 2 aromatic heterocycles. The van der Waals surface area contributed by atoms with Crippen molar-refractivity contribution in [3.05, 3.63) is 24.2 Å². The number of amides is 3. The van der Waals surface area contributed by atoms with Gasteiger partial charge in [-0.15, -0.1) is 0 Å². The number of nitrogens with one attached hydrogen (secondary N) is 2. The van der Waals surface area contributed by atoms with Crippen LogP contribution in [-0.4, -0.2) is 46.2 Å². The quantitative estimate of drug-likeness (QED) is 0.857.